The maximum Gasteiger partial charge on any atom is 0.243 e. The van der Waals surface area contributed by atoms with E-state index in [2.05, 4.69) is 19.1 Å². The van der Waals surface area contributed by atoms with Gasteiger partial charge >= 0.3 is 0 Å². The number of carbonyl (C=O) groups is 1. The average molecular weight is 531 g/mol. The first kappa shape index (κ1) is 26.5. The zero-order valence-electron chi connectivity index (χ0n) is 21.5. The standard InChI is InChI=1S/C26H34N4O4S2/c1-18-16-19(2)24-23(17-18)35-26(27-24)30(15-14-28(3)4)25(31)20-10-12-29(13-11-20)36(32,33)22-8-6-21(34-5)7-9-22/h6-9,16-17,20H,10-15H2,1-5H3. The van der Waals surface area contributed by atoms with Gasteiger partial charge in [-0.25, -0.2) is 13.4 Å². The Morgan fingerprint density at radius 1 is 1.11 bits per heavy atom. The summed E-state index contributed by atoms with van der Waals surface area (Å²) in [6, 6.07) is 10.6. The summed E-state index contributed by atoms with van der Waals surface area (Å²) in [5.74, 6) is 0.382. The molecule has 0 saturated carbocycles. The number of aromatic nitrogens is 1. The molecule has 1 fully saturated rings. The molecular weight excluding hydrogens is 496 g/mol. The van der Waals surface area contributed by atoms with Crippen LogP contribution < -0.4 is 9.64 Å². The summed E-state index contributed by atoms with van der Waals surface area (Å²) in [6.45, 7) is 5.98. The molecule has 0 spiro atoms. The van der Waals surface area contributed by atoms with Crippen molar-refractivity contribution in [3.63, 3.8) is 0 Å². The highest BCUT2D eigenvalue weighted by Gasteiger charge is 2.35. The van der Waals surface area contributed by atoms with Crippen LogP contribution >= 0.6 is 11.3 Å². The number of rotatable bonds is 8. The number of thiazole rings is 1. The maximum atomic E-state index is 13.7. The molecule has 194 valence electrons. The van der Waals surface area contributed by atoms with Crippen LogP contribution in [0.25, 0.3) is 10.2 Å². The fourth-order valence-electron chi connectivity index (χ4n) is 4.53. The number of piperidine rings is 1. The van der Waals surface area contributed by atoms with E-state index < -0.39 is 10.0 Å². The second kappa shape index (κ2) is 10.8. The predicted molar refractivity (Wildman–Crippen MR) is 144 cm³/mol. The third-order valence-electron chi connectivity index (χ3n) is 6.59. The zero-order chi connectivity index (χ0) is 26.0. The summed E-state index contributed by atoms with van der Waals surface area (Å²) >= 11 is 1.54. The number of fused-ring (bicyclic) bond motifs is 1. The molecule has 1 aliphatic heterocycles. The highest BCUT2D eigenvalue weighted by atomic mass is 32.2. The minimum absolute atomic E-state index is 0.0202. The average Bonchev–Trinajstić information content (AvgIpc) is 3.28. The van der Waals surface area contributed by atoms with Gasteiger partial charge in [0.2, 0.25) is 15.9 Å². The van der Waals surface area contributed by atoms with Gasteiger partial charge in [0, 0.05) is 32.1 Å². The number of likely N-dealkylation sites (N-methyl/N-ethyl adjacent to an activating group) is 1. The van der Waals surface area contributed by atoms with Crippen LogP contribution in [0.1, 0.15) is 24.0 Å². The highest BCUT2D eigenvalue weighted by Crippen LogP contribution is 2.34. The first-order valence-corrected chi connectivity index (χ1v) is 14.3. The molecule has 0 N–H and O–H groups in total. The van der Waals surface area contributed by atoms with E-state index in [0.717, 1.165) is 15.8 Å². The summed E-state index contributed by atoms with van der Waals surface area (Å²) in [5.41, 5.74) is 3.21. The number of ether oxygens (including phenoxy) is 1. The number of methoxy groups -OCH3 is 1. The Labute approximate surface area is 217 Å². The summed E-state index contributed by atoms with van der Waals surface area (Å²) in [7, 11) is 1.89. The van der Waals surface area contributed by atoms with E-state index in [0.29, 0.717) is 49.9 Å². The number of hydrogen-bond donors (Lipinski definition) is 0. The summed E-state index contributed by atoms with van der Waals surface area (Å²) in [5, 5.41) is 0.707. The lowest BCUT2D eigenvalue weighted by atomic mass is 9.96. The van der Waals surface area contributed by atoms with Crippen LogP contribution in [-0.2, 0) is 14.8 Å². The van der Waals surface area contributed by atoms with Crippen LogP contribution in [-0.4, -0.2) is 75.9 Å². The molecule has 0 aliphatic carbocycles. The van der Waals surface area contributed by atoms with Gasteiger partial charge in [0.15, 0.2) is 5.13 Å². The van der Waals surface area contributed by atoms with Gasteiger partial charge in [0.05, 0.1) is 22.2 Å². The first-order valence-electron chi connectivity index (χ1n) is 12.1. The maximum absolute atomic E-state index is 13.7. The Kier molecular flexibility index (Phi) is 7.99. The molecule has 3 aromatic rings. The van der Waals surface area contributed by atoms with Crippen LogP contribution in [0.15, 0.2) is 41.3 Å². The SMILES string of the molecule is COc1ccc(S(=O)(=O)N2CCC(C(=O)N(CCN(C)C)c3nc4c(C)cc(C)cc4s3)CC2)cc1. The third kappa shape index (κ3) is 5.56. The number of hydrogen-bond acceptors (Lipinski definition) is 7. The quantitative estimate of drug-likeness (QED) is 0.439. The zero-order valence-corrected chi connectivity index (χ0v) is 23.2. The van der Waals surface area contributed by atoms with Crippen molar-refractivity contribution < 1.29 is 17.9 Å². The van der Waals surface area contributed by atoms with Gasteiger partial charge in [-0.2, -0.15) is 4.31 Å². The molecule has 2 heterocycles. The molecule has 36 heavy (non-hydrogen) atoms. The van der Waals surface area contributed by atoms with Crippen molar-refractivity contribution in [2.75, 3.05) is 52.3 Å². The van der Waals surface area contributed by atoms with Gasteiger partial charge in [0.25, 0.3) is 0 Å². The minimum Gasteiger partial charge on any atom is -0.497 e. The largest absolute Gasteiger partial charge is 0.497 e. The van der Waals surface area contributed by atoms with Gasteiger partial charge in [-0.3, -0.25) is 9.69 Å². The molecule has 1 aliphatic rings. The Balaban J connectivity index is 1.51. The van der Waals surface area contributed by atoms with Crippen molar-refractivity contribution >= 4 is 42.6 Å². The molecule has 2 aromatic carbocycles. The van der Waals surface area contributed by atoms with E-state index in [1.54, 1.807) is 47.6 Å². The van der Waals surface area contributed by atoms with Crippen LogP contribution in [0.3, 0.4) is 0 Å². The molecule has 1 amide bonds. The second-order valence-electron chi connectivity index (χ2n) is 9.57. The van der Waals surface area contributed by atoms with Crippen LogP contribution in [0.5, 0.6) is 5.75 Å². The topological polar surface area (TPSA) is 83.0 Å². The Morgan fingerprint density at radius 2 is 1.78 bits per heavy atom. The van der Waals surface area contributed by atoms with E-state index in [4.69, 9.17) is 9.72 Å². The number of anilines is 1. The molecule has 0 unspecified atom stereocenters. The Bertz CT molecular complexity index is 1330. The van der Waals surface area contributed by atoms with Crippen molar-refractivity contribution in [3.05, 3.63) is 47.5 Å². The van der Waals surface area contributed by atoms with Gasteiger partial charge < -0.3 is 9.64 Å². The van der Waals surface area contributed by atoms with Gasteiger partial charge in [-0.1, -0.05) is 17.4 Å². The van der Waals surface area contributed by atoms with Crippen molar-refractivity contribution in [3.8, 4) is 5.75 Å². The van der Waals surface area contributed by atoms with E-state index in [-0.39, 0.29) is 16.7 Å². The van der Waals surface area contributed by atoms with Crippen molar-refractivity contribution in [2.45, 2.75) is 31.6 Å². The van der Waals surface area contributed by atoms with Gasteiger partial charge in [-0.15, -0.1) is 0 Å². The van der Waals surface area contributed by atoms with Crippen molar-refractivity contribution in [1.29, 1.82) is 0 Å². The van der Waals surface area contributed by atoms with E-state index in [1.165, 1.54) is 9.87 Å². The first-order chi connectivity index (χ1) is 17.1. The number of sulfonamides is 1. The van der Waals surface area contributed by atoms with Gasteiger partial charge in [-0.05, 0) is 82.2 Å². The second-order valence-corrected chi connectivity index (χ2v) is 12.5. The number of amides is 1. The lowest BCUT2D eigenvalue weighted by Gasteiger charge is -2.33. The van der Waals surface area contributed by atoms with E-state index >= 15 is 0 Å². The summed E-state index contributed by atoms with van der Waals surface area (Å²) in [6.07, 6.45) is 0.964. The minimum atomic E-state index is -3.62. The molecule has 0 atom stereocenters. The molecule has 4 rings (SSSR count). The fraction of sp³-hybridized carbons (Fsp3) is 0.462. The molecule has 0 bridgehead atoms. The predicted octanol–water partition coefficient (Wildman–Crippen LogP) is 3.92. The third-order valence-corrected chi connectivity index (χ3v) is 9.52. The van der Waals surface area contributed by atoms with Crippen LogP contribution in [0, 0.1) is 19.8 Å². The molecular formula is C26H34N4O4S2. The van der Waals surface area contributed by atoms with Gasteiger partial charge in [0.1, 0.15) is 5.75 Å². The lowest BCUT2D eigenvalue weighted by Crippen LogP contribution is -2.46. The molecule has 0 radical (unpaired) electrons. The van der Waals surface area contributed by atoms with Crippen LogP contribution in [0.2, 0.25) is 0 Å². The lowest BCUT2D eigenvalue weighted by molar-refractivity contribution is -0.123. The van der Waals surface area contributed by atoms with Crippen LogP contribution in [0.4, 0.5) is 5.13 Å². The molecule has 1 saturated heterocycles. The highest BCUT2D eigenvalue weighted by molar-refractivity contribution is 7.89. The summed E-state index contributed by atoms with van der Waals surface area (Å²) < 4.78 is 33.9. The smallest absolute Gasteiger partial charge is 0.243 e. The monoisotopic (exact) mass is 530 g/mol. The number of carbonyl (C=O) groups excluding carboxylic acids is 1. The fourth-order valence-corrected chi connectivity index (χ4v) is 7.18. The number of aryl methyl sites for hydroxylation is 2. The normalized spacial score (nSPS) is 15.5. The Morgan fingerprint density at radius 3 is 2.39 bits per heavy atom. The van der Waals surface area contributed by atoms with Crippen molar-refractivity contribution in [1.82, 2.24) is 14.2 Å². The molecule has 10 heteroatoms. The summed E-state index contributed by atoms with van der Waals surface area (Å²) in [4.78, 5) is 22.7. The molecule has 1 aromatic heterocycles. The number of benzene rings is 2. The molecule has 8 nitrogen and oxygen atoms in total. The Hall–Kier alpha value is -2.53. The van der Waals surface area contributed by atoms with E-state index in [9.17, 15) is 13.2 Å². The number of nitrogens with zero attached hydrogens (tertiary/aromatic N) is 4. The van der Waals surface area contributed by atoms with Crippen molar-refractivity contribution in [2.24, 2.45) is 5.92 Å². The van der Waals surface area contributed by atoms with E-state index in [1.807, 2.05) is 25.9 Å².